The molecule has 4 rings (SSSR count). The van der Waals surface area contributed by atoms with E-state index >= 15 is 0 Å². The molecule has 7 nitrogen and oxygen atoms in total. The van der Waals surface area contributed by atoms with Crippen LogP contribution in [0.4, 0.5) is 5.82 Å². The largest absolute Gasteiger partial charge is 0.493 e. The zero-order valence-electron chi connectivity index (χ0n) is 19.6. The lowest BCUT2D eigenvalue weighted by Gasteiger charge is -2.35. The number of nitrogens with one attached hydrogen (secondary N) is 1. The van der Waals surface area contributed by atoms with E-state index < -0.39 is 0 Å². The van der Waals surface area contributed by atoms with Gasteiger partial charge >= 0.3 is 0 Å². The van der Waals surface area contributed by atoms with Gasteiger partial charge in [-0.05, 0) is 35.7 Å². The van der Waals surface area contributed by atoms with Crippen molar-refractivity contribution < 1.29 is 14.2 Å². The molecule has 1 unspecified atom stereocenters. The Morgan fingerprint density at radius 2 is 1.82 bits per heavy atom. The molecule has 1 N–H and O–H groups in total. The second-order valence-corrected chi connectivity index (χ2v) is 8.59. The number of hydrogen-bond acceptors (Lipinski definition) is 7. The molecule has 0 aliphatic carbocycles. The average Bonchev–Trinajstić information content (AvgIpc) is 2.86. The van der Waals surface area contributed by atoms with E-state index in [2.05, 4.69) is 47.3 Å². The fourth-order valence-corrected chi connectivity index (χ4v) is 4.12. The van der Waals surface area contributed by atoms with Crippen molar-refractivity contribution in [2.24, 2.45) is 5.92 Å². The molecule has 33 heavy (non-hydrogen) atoms. The standard InChI is InChI=1S/C26H30N4O3/c1-17(2)16-33-20-7-5-18(6-8-20)23-15-30(10-9-28-23)26-22-12-25(32-4)24(31-3)11-21(22)19(13-27)14-29-26/h5-8,11-12,14,17,23,28H,9-10,15-16H2,1-4H3. The number of nitriles is 1. The SMILES string of the molecule is COc1cc2c(C#N)cnc(N3CCNC(c4ccc(OCC(C)C)cc4)C3)c2cc1OC. The van der Waals surface area contributed by atoms with Crippen LogP contribution in [-0.2, 0) is 0 Å². The Morgan fingerprint density at radius 1 is 1.12 bits per heavy atom. The van der Waals surface area contributed by atoms with Crippen molar-refractivity contribution in [1.82, 2.24) is 10.3 Å². The molecule has 1 aromatic heterocycles. The fourth-order valence-electron chi connectivity index (χ4n) is 4.12. The van der Waals surface area contributed by atoms with E-state index in [0.29, 0.717) is 29.6 Å². The number of fused-ring (bicyclic) bond motifs is 1. The van der Waals surface area contributed by atoms with Crippen molar-refractivity contribution >= 4 is 16.6 Å². The molecule has 0 amide bonds. The van der Waals surface area contributed by atoms with Crippen LogP contribution >= 0.6 is 0 Å². The van der Waals surface area contributed by atoms with Gasteiger partial charge in [-0.1, -0.05) is 26.0 Å². The van der Waals surface area contributed by atoms with Crippen LogP contribution in [0.25, 0.3) is 10.8 Å². The second kappa shape index (κ2) is 9.97. The molecule has 1 aliphatic heterocycles. The van der Waals surface area contributed by atoms with Crippen LogP contribution in [-0.4, -0.2) is 45.4 Å². The maximum absolute atomic E-state index is 9.61. The van der Waals surface area contributed by atoms with Crippen LogP contribution in [0.5, 0.6) is 17.2 Å². The minimum Gasteiger partial charge on any atom is -0.493 e. The Morgan fingerprint density at radius 3 is 2.45 bits per heavy atom. The number of rotatable bonds is 7. The van der Waals surface area contributed by atoms with Crippen molar-refractivity contribution in [3.05, 3.63) is 53.7 Å². The van der Waals surface area contributed by atoms with Gasteiger partial charge in [0, 0.05) is 42.6 Å². The van der Waals surface area contributed by atoms with Gasteiger partial charge in [0.2, 0.25) is 0 Å². The quantitative estimate of drug-likeness (QED) is 0.579. The zero-order chi connectivity index (χ0) is 23.4. The van der Waals surface area contributed by atoms with Crippen LogP contribution in [0.2, 0.25) is 0 Å². The molecule has 0 spiro atoms. The molecule has 1 atom stereocenters. The maximum atomic E-state index is 9.61. The van der Waals surface area contributed by atoms with Crippen LogP contribution in [0.1, 0.15) is 31.0 Å². The summed E-state index contributed by atoms with van der Waals surface area (Å²) in [6.45, 7) is 7.39. The van der Waals surface area contributed by atoms with Crippen molar-refractivity contribution in [3.63, 3.8) is 0 Å². The number of aromatic nitrogens is 1. The van der Waals surface area contributed by atoms with Crippen LogP contribution < -0.4 is 24.4 Å². The first-order valence-electron chi connectivity index (χ1n) is 11.2. The lowest BCUT2D eigenvalue weighted by molar-refractivity contribution is 0.271. The van der Waals surface area contributed by atoms with Gasteiger partial charge in [-0.25, -0.2) is 4.98 Å². The minimum atomic E-state index is 0.158. The third-order valence-electron chi connectivity index (χ3n) is 5.83. The van der Waals surface area contributed by atoms with Crippen molar-refractivity contribution in [3.8, 4) is 23.3 Å². The van der Waals surface area contributed by atoms with Crippen LogP contribution in [0.3, 0.4) is 0 Å². The molecular weight excluding hydrogens is 416 g/mol. The Kier molecular flexibility index (Phi) is 6.85. The third-order valence-corrected chi connectivity index (χ3v) is 5.83. The monoisotopic (exact) mass is 446 g/mol. The van der Waals surface area contributed by atoms with Gasteiger partial charge in [-0.2, -0.15) is 5.26 Å². The molecule has 1 fully saturated rings. The molecule has 172 valence electrons. The predicted octanol–water partition coefficient (Wildman–Crippen LogP) is 4.31. The normalized spacial score (nSPS) is 16.0. The van der Waals surface area contributed by atoms with E-state index in [-0.39, 0.29) is 6.04 Å². The second-order valence-electron chi connectivity index (χ2n) is 8.59. The molecule has 0 radical (unpaired) electrons. The number of piperazine rings is 1. The lowest BCUT2D eigenvalue weighted by Crippen LogP contribution is -2.46. The molecule has 1 aliphatic rings. The van der Waals surface area contributed by atoms with Crippen molar-refractivity contribution in [2.45, 2.75) is 19.9 Å². The van der Waals surface area contributed by atoms with E-state index in [1.807, 2.05) is 24.3 Å². The van der Waals surface area contributed by atoms with E-state index in [9.17, 15) is 5.26 Å². The van der Waals surface area contributed by atoms with Gasteiger partial charge in [0.15, 0.2) is 11.5 Å². The topological polar surface area (TPSA) is 79.6 Å². The molecule has 2 heterocycles. The summed E-state index contributed by atoms with van der Waals surface area (Å²) in [6, 6.07) is 14.5. The van der Waals surface area contributed by atoms with Crippen molar-refractivity contribution in [2.75, 3.05) is 45.4 Å². The van der Waals surface area contributed by atoms with E-state index in [1.54, 1.807) is 20.4 Å². The van der Waals surface area contributed by atoms with E-state index in [1.165, 1.54) is 5.56 Å². The van der Waals surface area contributed by atoms with Crippen molar-refractivity contribution in [1.29, 1.82) is 5.26 Å². The Labute approximate surface area is 194 Å². The Hall–Kier alpha value is -3.50. The zero-order valence-corrected chi connectivity index (χ0v) is 19.6. The van der Waals surface area contributed by atoms with Gasteiger partial charge in [0.05, 0.1) is 26.4 Å². The summed E-state index contributed by atoms with van der Waals surface area (Å²) in [6.07, 6.45) is 1.64. The number of benzene rings is 2. The highest BCUT2D eigenvalue weighted by molar-refractivity contribution is 5.98. The fraction of sp³-hybridized carbons (Fsp3) is 0.385. The highest BCUT2D eigenvalue weighted by atomic mass is 16.5. The van der Waals surface area contributed by atoms with Gasteiger partial charge in [-0.3, -0.25) is 0 Å². The molecule has 0 bridgehead atoms. The lowest BCUT2D eigenvalue weighted by atomic mass is 10.0. The Balaban J connectivity index is 1.63. The summed E-state index contributed by atoms with van der Waals surface area (Å²) in [5.41, 5.74) is 1.71. The minimum absolute atomic E-state index is 0.158. The summed E-state index contributed by atoms with van der Waals surface area (Å²) < 4.78 is 16.8. The highest BCUT2D eigenvalue weighted by Crippen LogP contribution is 2.38. The molecular formula is C26H30N4O3. The van der Waals surface area contributed by atoms with Gasteiger partial charge in [0.1, 0.15) is 17.6 Å². The summed E-state index contributed by atoms with van der Waals surface area (Å²) in [5.74, 6) is 3.43. The van der Waals surface area contributed by atoms with Gasteiger partial charge < -0.3 is 24.4 Å². The summed E-state index contributed by atoms with van der Waals surface area (Å²) in [5, 5.41) is 14.9. The number of pyridine rings is 1. The smallest absolute Gasteiger partial charge is 0.161 e. The number of ether oxygens (including phenoxy) is 3. The van der Waals surface area contributed by atoms with Gasteiger partial charge in [-0.15, -0.1) is 0 Å². The summed E-state index contributed by atoms with van der Waals surface area (Å²) in [7, 11) is 3.21. The first-order chi connectivity index (χ1) is 16.0. The molecule has 0 saturated carbocycles. The number of hydrogen-bond donors (Lipinski definition) is 1. The van der Waals surface area contributed by atoms with Gasteiger partial charge in [0.25, 0.3) is 0 Å². The Bertz CT molecular complexity index is 1150. The first-order valence-corrected chi connectivity index (χ1v) is 11.2. The van der Waals surface area contributed by atoms with Crippen LogP contribution in [0.15, 0.2) is 42.6 Å². The third kappa shape index (κ3) is 4.81. The average molecular weight is 447 g/mol. The number of nitrogens with zero attached hydrogens (tertiary/aromatic N) is 3. The van der Waals surface area contributed by atoms with E-state index in [4.69, 9.17) is 14.2 Å². The highest BCUT2D eigenvalue weighted by Gasteiger charge is 2.24. The maximum Gasteiger partial charge on any atom is 0.161 e. The number of methoxy groups -OCH3 is 2. The molecule has 7 heteroatoms. The molecule has 1 saturated heterocycles. The number of anilines is 1. The molecule has 2 aromatic carbocycles. The first kappa shape index (κ1) is 22.7. The van der Waals surface area contributed by atoms with Crippen LogP contribution in [0, 0.1) is 17.2 Å². The molecule has 3 aromatic rings. The summed E-state index contributed by atoms with van der Waals surface area (Å²) in [4.78, 5) is 6.94. The van der Waals surface area contributed by atoms with E-state index in [0.717, 1.165) is 42.0 Å². The summed E-state index contributed by atoms with van der Waals surface area (Å²) >= 11 is 0. The predicted molar refractivity (Wildman–Crippen MR) is 129 cm³/mol.